The van der Waals surface area contributed by atoms with E-state index in [4.69, 9.17) is 0 Å². The molecular weight excluding hydrogens is 176 g/mol. The SMILES string of the molecule is CC1CCC(n2ccnc2C=O)CC1. The summed E-state index contributed by atoms with van der Waals surface area (Å²) in [6.07, 6.45) is 9.36. The summed E-state index contributed by atoms with van der Waals surface area (Å²) < 4.78 is 2.03. The van der Waals surface area contributed by atoms with Gasteiger partial charge in [-0.05, 0) is 31.6 Å². The molecule has 3 nitrogen and oxygen atoms in total. The maximum absolute atomic E-state index is 10.7. The van der Waals surface area contributed by atoms with E-state index in [1.54, 1.807) is 6.20 Å². The van der Waals surface area contributed by atoms with Crippen LogP contribution in [0.15, 0.2) is 12.4 Å². The van der Waals surface area contributed by atoms with E-state index in [0.717, 1.165) is 12.2 Å². The first-order chi connectivity index (χ1) is 6.81. The first-order valence-electron chi connectivity index (χ1n) is 5.29. The number of aldehydes is 1. The third-order valence-electron chi connectivity index (χ3n) is 3.18. The van der Waals surface area contributed by atoms with Crippen LogP contribution in [0.5, 0.6) is 0 Å². The van der Waals surface area contributed by atoms with Crippen LogP contribution in [0.2, 0.25) is 0 Å². The first-order valence-corrected chi connectivity index (χ1v) is 5.29. The molecule has 1 aliphatic carbocycles. The zero-order chi connectivity index (χ0) is 9.97. The van der Waals surface area contributed by atoms with E-state index in [-0.39, 0.29) is 0 Å². The summed E-state index contributed by atoms with van der Waals surface area (Å²) in [5, 5.41) is 0. The van der Waals surface area contributed by atoms with Gasteiger partial charge in [0.2, 0.25) is 0 Å². The van der Waals surface area contributed by atoms with Gasteiger partial charge in [0.05, 0.1) is 0 Å². The third-order valence-corrected chi connectivity index (χ3v) is 3.18. The number of aromatic nitrogens is 2. The minimum atomic E-state index is 0.494. The Morgan fingerprint density at radius 3 is 2.79 bits per heavy atom. The van der Waals surface area contributed by atoms with Gasteiger partial charge < -0.3 is 4.57 Å². The largest absolute Gasteiger partial charge is 0.326 e. The van der Waals surface area contributed by atoms with Crippen LogP contribution >= 0.6 is 0 Å². The molecule has 1 saturated carbocycles. The van der Waals surface area contributed by atoms with Crippen molar-refractivity contribution in [2.45, 2.75) is 38.6 Å². The molecule has 0 unspecified atom stereocenters. The van der Waals surface area contributed by atoms with Gasteiger partial charge >= 0.3 is 0 Å². The summed E-state index contributed by atoms with van der Waals surface area (Å²) in [7, 11) is 0. The monoisotopic (exact) mass is 192 g/mol. The molecule has 3 heteroatoms. The Hall–Kier alpha value is -1.12. The number of imidazole rings is 1. The Morgan fingerprint density at radius 2 is 2.14 bits per heavy atom. The van der Waals surface area contributed by atoms with E-state index in [2.05, 4.69) is 11.9 Å². The van der Waals surface area contributed by atoms with Crippen molar-refractivity contribution < 1.29 is 4.79 Å². The van der Waals surface area contributed by atoms with Crippen molar-refractivity contribution in [3.05, 3.63) is 18.2 Å². The third kappa shape index (κ3) is 1.72. The molecule has 1 aromatic rings. The minimum absolute atomic E-state index is 0.494. The fraction of sp³-hybridized carbons (Fsp3) is 0.636. The van der Waals surface area contributed by atoms with Crippen molar-refractivity contribution in [1.82, 2.24) is 9.55 Å². The predicted molar refractivity (Wildman–Crippen MR) is 54.3 cm³/mol. The zero-order valence-electron chi connectivity index (χ0n) is 8.52. The highest BCUT2D eigenvalue weighted by Gasteiger charge is 2.20. The summed E-state index contributed by atoms with van der Waals surface area (Å²) in [4.78, 5) is 14.7. The molecule has 0 spiro atoms. The average Bonchev–Trinajstić information content (AvgIpc) is 2.67. The first kappa shape index (κ1) is 9.44. The number of hydrogen-bond donors (Lipinski definition) is 0. The topological polar surface area (TPSA) is 34.9 Å². The number of nitrogens with zero attached hydrogens (tertiary/aromatic N) is 2. The molecule has 76 valence electrons. The maximum atomic E-state index is 10.7. The van der Waals surface area contributed by atoms with Crippen LogP contribution < -0.4 is 0 Å². The molecule has 14 heavy (non-hydrogen) atoms. The lowest BCUT2D eigenvalue weighted by molar-refractivity contribution is 0.110. The lowest BCUT2D eigenvalue weighted by Crippen LogP contribution is -2.17. The fourth-order valence-corrected chi connectivity index (χ4v) is 2.25. The predicted octanol–water partition coefficient (Wildman–Crippen LogP) is 2.45. The molecule has 0 radical (unpaired) electrons. The van der Waals surface area contributed by atoms with Crippen LogP contribution in [0.25, 0.3) is 0 Å². The smallest absolute Gasteiger partial charge is 0.185 e. The van der Waals surface area contributed by atoms with Crippen molar-refractivity contribution >= 4 is 6.29 Å². The molecule has 1 aliphatic rings. The molecule has 1 fully saturated rings. The lowest BCUT2D eigenvalue weighted by atomic mass is 9.87. The number of rotatable bonds is 2. The van der Waals surface area contributed by atoms with Gasteiger partial charge in [-0.3, -0.25) is 4.79 Å². The molecule has 0 aromatic carbocycles. The molecule has 0 bridgehead atoms. The molecule has 0 atom stereocenters. The highest BCUT2D eigenvalue weighted by molar-refractivity contribution is 5.69. The van der Waals surface area contributed by atoms with Crippen molar-refractivity contribution in [3.8, 4) is 0 Å². The molecule has 1 heterocycles. The highest BCUT2D eigenvalue weighted by Crippen LogP contribution is 2.31. The summed E-state index contributed by atoms with van der Waals surface area (Å²) in [6.45, 7) is 2.30. The van der Waals surface area contributed by atoms with E-state index < -0.39 is 0 Å². The van der Waals surface area contributed by atoms with Gasteiger partial charge in [0.1, 0.15) is 0 Å². The van der Waals surface area contributed by atoms with E-state index in [9.17, 15) is 4.79 Å². The van der Waals surface area contributed by atoms with Crippen LogP contribution in [0.3, 0.4) is 0 Å². The fourth-order valence-electron chi connectivity index (χ4n) is 2.25. The summed E-state index contributed by atoms with van der Waals surface area (Å²) >= 11 is 0. The molecule has 0 aliphatic heterocycles. The van der Waals surface area contributed by atoms with E-state index >= 15 is 0 Å². The van der Waals surface area contributed by atoms with Gasteiger partial charge in [-0.25, -0.2) is 4.98 Å². The Balaban J connectivity index is 2.11. The van der Waals surface area contributed by atoms with E-state index in [1.807, 2.05) is 10.8 Å². The van der Waals surface area contributed by atoms with Gasteiger partial charge in [-0.2, -0.15) is 0 Å². The number of carbonyl (C=O) groups is 1. The van der Waals surface area contributed by atoms with Gasteiger partial charge in [0.25, 0.3) is 0 Å². The minimum Gasteiger partial charge on any atom is -0.326 e. The van der Waals surface area contributed by atoms with Crippen LogP contribution in [0, 0.1) is 5.92 Å². The van der Waals surface area contributed by atoms with E-state index in [0.29, 0.717) is 11.9 Å². The average molecular weight is 192 g/mol. The normalized spacial score (nSPS) is 27.5. The van der Waals surface area contributed by atoms with Gasteiger partial charge in [-0.1, -0.05) is 6.92 Å². The van der Waals surface area contributed by atoms with Crippen LogP contribution in [0.4, 0.5) is 0 Å². The Labute approximate surface area is 84.1 Å². The van der Waals surface area contributed by atoms with Gasteiger partial charge in [0.15, 0.2) is 12.1 Å². The van der Waals surface area contributed by atoms with E-state index in [1.165, 1.54) is 25.7 Å². The second-order valence-electron chi connectivity index (χ2n) is 4.22. The quantitative estimate of drug-likeness (QED) is 0.674. The van der Waals surface area contributed by atoms with Crippen LogP contribution in [0.1, 0.15) is 49.3 Å². The van der Waals surface area contributed by atoms with Crippen molar-refractivity contribution in [2.75, 3.05) is 0 Å². The Morgan fingerprint density at radius 1 is 1.43 bits per heavy atom. The number of carbonyl (C=O) groups excluding carboxylic acids is 1. The van der Waals surface area contributed by atoms with Crippen molar-refractivity contribution in [1.29, 1.82) is 0 Å². The molecule has 0 N–H and O–H groups in total. The van der Waals surface area contributed by atoms with Gasteiger partial charge in [0, 0.05) is 18.4 Å². The zero-order valence-corrected chi connectivity index (χ0v) is 8.52. The molecular formula is C11H16N2O. The standard InChI is InChI=1S/C11H16N2O/c1-9-2-4-10(5-3-9)13-7-6-12-11(13)8-14/h6-10H,2-5H2,1H3. The highest BCUT2D eigenvalue weighted by atomic mass is 16.1. The number of hydrogen-bond acceptors (Lipinski definition) is 2. The van der Waals surface area contributed by atoms with Crippen molar-refractivity contribution in [3.63, 3.8) is 0 Å². The maximum Gasteiger partial charge on any atom is 0.185 e. The molecule has 1 aromatic heterocycles. The summed E-state index contributed by atoms with van der Waals surface area (Å²) in [5.74, 6) is 1.42. The Kier molecular flexibility index (Phi) is 2.66. The Bertz CT molecular complexity index is 311. The van der Waals surface area contributed by atoms with Crippen LogP contribution in [-0.4, -0.2) is 15.8 Å². The molecule has 2 rings (SSSR count). The second kappa shape index (κ2) is 3.95. The van der Waals surface area contributed by atoms with Crippen LogP contribution in [-0.2, 0) is 0 Å². The molecule has 0 amide bonds. The lowest BCUT2D eigenvalue weighted by Gasteiger charge is -2.27. The van der Waals surface area contributed by atoms with Gasteiger partial charge in [-0.15, -0.1) is 0 Å². The second-order valence-corrected chi connectivity index (χ2v) is 4.22. The summed E-state index contributed by atoms with van der Waals surface area (Å²) in [5.41, 5.74) is 0. The summed E-state index contributed by atoms with van der Waals surface area (Å²) in [6, 6.07) is 0.494. The van der Waals surface area contributed by atoms with Crippen molar-refractivity contribution in [2.24, 2.45) is 5.92 Å². The molecule has 0 saturated heterocycles.